The van der Waals surface area contributed by atoms with Gasteiger partial charge in [0.15, 0.2) is 13.1 Å². The van der Waals surface area contributed by atoms with Crippen LogP contribution in [0.5, 0.6) is 5.75 Å². The van der Waals surface area contributed by atoms with Crippen molar-refractivity contribution in [1.82, 2.24) is 5.32 Å². The van der Waals surface area contributed by atoms with Crippen molar-refractivity contribution < 1.29 is 19.2 Å². The Bertz CT molecular complexity index is 798. The van der Waals surface area contributed by atoms with E-state index in [9.17, 15) is 9.59 Å². The molecular formula is C20H25ClN3O3+. The Hall–Kier alpha value is -2.57. The molecule has 2 aromatic rings. The van der Waals surface area contributed by atoms with Gasteiger partial charge in [0, 0.05) is 16.8 Å². The summed E-state index contributed by atoms with van der Waals surface area (Å²) < 4.78 is 5.13. The summed E-state index contributed by atoms with van der Waals surface area (Å²) in [5.41, 5.74) is 1.52. The maximum atomic E-state index is 12.2. The summed E-state index contributed by atoms with van der Waals surface area (Å²) in [6, 6.07) is 14.3. The molecule has 0 aliphatic heterocycles. The summed E-state index contributed by atoms with van der Waals surface area (Å²) in [6.45, 7) is 2.23. The Morgan fingerprint density at radius 1 is 1.11 bits per heavy atom. The maximum absolute atomic E-state index is 12.2. The minimum Gasteiger partial charge on any atom is -0.497 e. The number of hydrogen-bond acceptors (Lipinski definition) is 3. The van der Waals surface area contributed by atoms with E-state index in [1.54, 1.807) is 44.5 Å². The number of halogens is 1. The number of anilines is 1. The predicted octanol–water partition coefficient (Wildman–Crippen LogP) is 1.68. The first kappa shape index (κ1) is 20.7. The molecule has 27 heavy (non-hydrogen) atoms. The molecule has 2 atom stereocenters. The number of methoxy groups -OCH3 is 1. The molecule has 3 N–H and O–H groups in total. The van der Waals surface area contributed by atoms with Gasteiger partial charge in [0.2, 0.25) is 0 Å². The fraction of sp³-hybridized carbons (Fsp3) is 0.300. The van der Waals surface area contributed by atoms with E-state index >= 15 is 0 Å². The first-order valence-electron chi connectivity index (χ1n) is 8.68. The lowest BCUT2D eigenvalue weighted by Gasteiger charge is -2.18. The van der Waals surface area contributed by atoms with Crippen molar-refractivity contribution in [2.45, 2.75) is 13.0 Å². The van der Waals surface area contributed by atoms with Crippen LogP contribution in [0.25, 0.3) is 0 Å². The van der Waals surface area contributed by atoms with Crippen molar-refractivity contribution in [1.29, 1.82) is 0 Å². The summed E-state index contributed by atoms with van der Waals surface area (Å²) in [5.74, 6) is 0.350. The van der Waals surface area contributed by atoms with Crippen LogP contribution in [0.3, 0.4) is 0 Å². The van der Waals surface area contributed by atoms with E-state index in [1.165, 1.54) is 0 Å². The Kier molecular flexibility index (Phi) is 7.64. The number of hydrogen-bond donors (Lipinski definition) is 3. The van der Waals surface area contributed by atoms with E-state index in [0.29, 0.717) is 16.5 Å². The van der Waals surface area contributed by atoms with Crippen molar-refractivity contribution in [3.63, 3.8) is 0 Å². The number of amides is 2. The first-order chi connectivity index (χ1) is 12.9. The molecule has 1 unspecified atom stereocenters. The minimum atomic E-state index is -0.204. The zero-order chi connectivity index (χ0) is 19.8. The van der Waals surface area contributed by atoms with Crippen LogP contribution in [0.2, 0.25) is 5.02 Å². The molecule has 0 heterocycles. The molecule has 0 saturated carbocycles. The number of benzene rings is 2. The molecule has 144 valence electrons. The lowest BCUT2D eigenvalue weighted by Crippen LogP contribution is -3.11. The third kappa shape index (κ3) is 6.58. The summed E-state index contributed by atoms with van der Waals surface area (Å²) >= 11 is 6.16. The van der Waals surface area contributed by atoms with E-state index in [2.05, 4.69) is 10.6 Å². The number of quaternary nitrogens is 1. The van der Waals surface area contributed by atoms with Gasteiger partial charge >= 0.3 is 0 Å². The number of ether oxygens (including phenoxy) is 1. The second-order valence-electron chi connectivity index (χ2n) is 6.40. The number of rotatable bonds is 8. The molecule has 0 bridgehead atoms. The molecule has 2 rings (SSSR count). The summed E-state index contributed by atoms with van der Waals surface area (Å²) in [7, 11) is 3.37. The summed E-state index contributed by atoms with van der Waals surface area (Å²) in [5, 5.41) is 6.33. The summed E-state index contributed by atoms with van der Waals surface area (Å²) in [6.07, 6.45) is 0. The highest BCUT2D eigenvalue weighted by Gasteiger charge is 2.17. The number of carbonyl (C=O) groups is 2. The van der Waals surface area contributed by atoms with Crippen LogP contribution < -0.4 is 20.3 Å². The van der Waals surface area contributed by atoms with Crippen LogP contribution in [-0.4, -0.2) is 39.1 Å². The average molecular weight is 391 g/mol. The average Bonchev–Trinajstić information content (AvgIpc) is 2.61. The van der Waals surface area contributed by atoms with Gasteiger partial charge in [-0.15, -0.1) is 0 Å². The van der Waals surface area contributed by atoms with Gasteiger partial charge in [0.25, 0.3) is 11.8 Å². The minimum absolute atomic E-state index is 0.144. The smallest absolute Gasteiger partial charge is 0.279 e. The van der Waals surface area contributed by atoms with Gasteiger partial charge in [-0.3, -0.25) is 9.59 Å². The zero-order valence-corrected chi connectivity index (χ0v) is 16.5. The third-order valence-corrected chi connectivity index (χ3v) is 4.37. The molecule has 7 heteroatoms. The van der Waals surface area contributed by atoms with Crippen LogP contribution in [0, 0.1) is 0 Å². The molecule has 0 aliphatic rings. The number of likely N-dealkylation sites (N-methyl/N-ethyl adjacent to an activating group) is 1. The Balaban J connectivity index is 1.81. The second-order valence-corrected chi connectivity index (χ2v) is 6.81. The molecule has 0 aromatic heterocycles. The normalized spacial score (nSPS) is 12.7. The molecule has 0 spiro atoms. The van der Waals surface area contributed by atoms with Crippen molar-refractivity contribution >= 4 is 29.1 Å². The number of carbonyl (C=O) groups excluding carboxylic acids is 2. The number of nitrogens with one attached hydrogen (secondary N) is 3. The maximum Gasteiger partial charge on any atom is 0.279 e. The Morgan fingerprint density at radius 3 is 2.52 bits per heavy atom. The lowest BCUT2D eigenvalue weighted by atomic mass is 10.1. The monoisotopic (exact) mass is 390 g/mol. The van der Waals surface area contributed by atoms with E-state index < -0.39 is 0 Å². The van der Waals surface area contributed by atoms with Crippen molar-refractivity contribution in [2.24, 2.45) is 0 Å². The predicted molar refractivity (Wildman–Crippen MR) is 106 cm³/mol. The highest BCUT2D eigenvalue weighted by molar-refractivity contribution is 6.31. The van der Waals surface area contributed by atoms with Crippen LogP contribution in [0.15, 0.2) is 48.5 Å². The van der Waals surface area contributed by atoms with E-state index in [0.717, 1.165) is 10.5 Å². The van der Waals surface area contributed by atoms with E-state index in [-0.39, 0.29) is 30.9 Å². The molecule has 2 amide bonds. The van der Waals surface area contributed by atoms with E-state index in [1.807, 2.05) is 25.1 Å². The topological polar surface area (TPSA) is 71.9 Å². The van der Waals surface area contributed by atoms with Gasteiger partial charge in [-0.2, -0.15) is 0 Å². The molecular weight excluding hydrogens is 366 g/mol. The van der Waals surface area contributed by atoms with Crippen LogP contribution in [0.1, 0.15) is 18.5 Å². The SMILES string of the molecule is COc1cccc(NC(=O)C[NH+](C)CC(=O)N[C@H](C)c2ccccc2Cl)c1. The molecule has 0 radical (unpaired) electrons. The molecule has 0 saturated heterocycles. The fourth-order valence-corrected chi connectivity index (χ4v) is 3.01. The lowest BCUT2D eigenvalue weighted by molar-refractivity contribution is -0.862. The Labute approximate surface area is 164 Å². The van der Waals surface area contributed by atoms with Crippen LogP contribution >= 0.6 is 11.6 Å². The standard InChI is InChI=1S/C20H24ClN3O3/c1-14(17-9-4-5-10-18(17)21)22-19(25)12-24(2)13-20(26)23-15-7-6-8-16(11-15)27-3/h4-11,14H,12-13H2,1-3H3,(H,22,25)(H,23,26)/p+1/t14-/m1/s1. The van der Waals surface area contributed by atoms with Gasteiger partial charge in [-0.05, 0) is 30.7 Å². The molecule has 0 fully saturated rings. The first-order valence-corrected chi connectivity index (χ1v) is 9.06. The largest absolute Gasteiger partial charge is 0.497 e. The van der Waals surface area contributed by atoms with E-state index in [4.69, 9.17) is 16.3 Å². The summed E-state index contributed by atoms with van der Waals surface area (Å²) in [4.78, 5) is 25.2. The quantitative estimate of drug-likeness (QED) is 0.642. The van der Waals surface area contributed by atoms with Gasteiger partial charge in [0.1, 0.15) is 5.75 Å². The fourth-order valence-electron chi connectivity index (χ4n) is 2.71. The molecule has 2 aromatic carbocycles. The van der Waals surface area contributed by atoms with Gasteiger partial charge < -0.3 is 20.3 Å². The van der Waals surface area contributed by atoms with Crippen LogP contribution in [0.4, 0.5) is 5.69 Å². The Morgan fingerprint density at radius 2 is 1.81 bits per heavy atom. The third-order valence-electron chi connectivity index (χ3n) is 4.03. The molecule has 0 aliphatic carbocycles. The van der Waals surface area contributed by atoms with Crippen molar-refractivity contribution in [3.8, 4) is 5.75 Å². The second kappa shape index (κ2) is 9.94. The van der Waals surface area contributed by atoms with Gasteiger partial charge in [-0.25, -0.2) is 0 Å². The van der Waals surface area contributed by atoms with Crippen molar-refractivity contribution in [3.05, 3.63) is 59.1 Å². The van der Waals surface area contributed by atoms with Gasteiger partial charge in [-0.1, -0.05) is 35.9 Å². The van der Waals surface area contributed by atoms with Crippen LogP contribution in [-0.2, 0) is 9.59 Å². The van der Waals surface area contributed by atoms with Gasteiger partial charge in [0.05, 0.1) is 20.2 Å². The highest BCUT2D eigenvalue weighted by Crippen LogP contribution is 2.21. The van der Waals surface area contributed by atoms with Crippen molar-refractivity contribution in [2.75, 3.05) is 32.6 Å². The highest BCUT2D eigenvalue weighted by atomic mass is 35.5. The zero-order valence-electron chi connectivity index (χ0n) is 15.7. The molecule has 6 nitrogen and oxygen atoms in total.